The summed E-state index contributed by atoms with van der Waals surface area (Å²) in [6.07, 6.45) is 4.13. The standard InChI is InChI=1S/C19H30ClNO2S/c1-14(13-22)12-17(21-24(23)18(2,3)4)19(10-5-11-19)15-6-8-16(20)9-7-15/h6-9,14,17,21-22H,5,10-13H2,1-4H3/t14-,17-,24?/m1/s1. The van der Waals surface area contributed by atoms with Gasteiger partial charge in [0.05, 0.1) is 15.7 Å². The Balaban J connectivity index is 2.32. The first-order chi connectivity index (χ1) is 11.2. The third-order valence-corrected chi connectivity index (χ3v) is 6.95. The highest BCUT2D eigenvalue weighted by atomic mass is 35.5. The van der Waals surface area contributed by atoms with Crippen LogP contribution in [-0.4, -0.2) is 26.7 Å². The van der Waals surface area contributed by atoms with Gasteiger partial charge >= 0.3 is 0 Å². The zero-order valence-corrected chi connectivity index (χ0v) is 16.7. The molecule has 0 saturated heterocycles. The molecule has 5 heteroatoms. The number of aliphatic hydroxyl groups is 1. The van der Waals surface area contributed by atoms with Crippen LogP contribution in [0.1, 0.15) is 58.9 Å². The summed E-state index contributed by atoms with van der Waals surface area (Å²) in [6, 6.07) is 8.14. The summed E-state index contributed by atoms with van der Waals surface area (Å²) in [5, 5.41) is 10.3. The average molecular weight is 372 g/mol. The van der Waals surface area contributed by atoms with Crippen molar-refractivity contribution < 1.29 is 9.32 Å². The van der Waals surface area contributed by atoms with Gasteiger partial charge in [0.2, 0.25) is 0 Å². The van der Waals surface area contributed by atoms with Crippen molar-refractivity contribution in [3.8, 4) is 0 Å². The molecule has 0 heterocycles. The fraction of sp³-hybridized carbons (Fsp3) is 0.684. The minimum atomic E-state index is -1.14. The molecule has 0 radical (unpaired) electrons. The number of halogens is 1. The van der Waals surface area contributed by atoms with Crippen LogP contribution in [0.3, 0.4) is 0 Å². The second-order valence-electron chi connectivity index (χ2n) is 8.09. The Bertz CT molecular complexity index is 564. The predicted molar refractivity (Wildman–Crippen MR) is 103 cm³/mol. The van der Waals surface area contributed by atoms with Crippen LogP contribution in [0.25, 0.3) is 0 Å². The fourth-order valence-corrected chi connectivity index (χ4v) is 4.41. The number of hydrogen-bond donors (Lipinski definition) is 2. The molecule has 1 unspecified atom stereocenters. The minimum absolute atomic E-state index is 0.0189. The van der Waals surface area contributed by atoms with Crippen LogP contribution >= 0.6 is 11.6 Å². The molecule has 0 spiro atoms. The van der Waals surface area contributed by atoms with E-state index in [1.807, 2.05) is 39.8 Å². The van der Waals surface area contributed by atoms with E-state index in [0.29, 0.717) is 0 Å². The Hall–Kier alpha value is -0.420. The first kappa shape index (κ1) is 19.9. The van der Waals surface area contributed by atoms with Gasteiger partial charge in [0.1, 0.15) is 0 Å². The van der Waals surface area contributed by atoms with E-state index >= 15 is 0 Å². The van der Waals surface area contributed by atoms with Crippen molar-refractivity contribution >= 4 is 22.6 Å². The topological polar surface area (TPSA) is 49.3 Å². The Morgan fingerprint density at radius 3 is 2.29 bits per heavy atom. The van der Waals surface area contributed by atoms with E-state index in [2.05, 4.69) is 16.9 Å². The van der Waals surface area contributed by atoms with Crippen molar-refractivity contribution in [2.75, 3.05) is 6.61 Å². The molecule has 1 aromatic rings. The van der Waals surface area contributed by atoms with Crippen molar-refractivity contribution in [3.63, 3.8) is 0 Å². The van der Waals surface area contributed by atoms with Gasteiger partial charge in [-0.15, -0.1) is 0 Å². The van der Waals surface area contributed by atoms with E-state index in [1.54, 1.807) is 0 Å². The van der Waals surface area contributed by atoms with E-state index in [-0.39, 0.29) is 28.7 Å². The first-order valence-electron chi connectivity index (χ1n) is 8.74. The lowest BCUT2D eigenvalue weighted by Gasteiger charge is -2.49. The molecule has 1 aliphatic rings. The molecule has 2 rings (SSSR count). The number of benzene rings is 1. The highest BCUT2D eigenvalue weighted by Gasteiger charge is 2.46. The zero-order chi connectivity index (χ0) is 18.0. The van der Waals surface area contributed by atoms with Crippen LogP contribution in [0, 0.1) is 5.92 Å². The van der Waals surface area contributed by atoms with Crippen LogP contribution in [0.4, 0.5) is 0 Å². The fourth-order valence-electron chi connectivity index (χ4n) is 3.35. The molecule has 1 fully saturated rings. The molecule has 0 amide bonds. The molecule has 1 saturated carbocycles. The van der Waals surface area contributed by atoms with Crippen LogP contribution < -0.4 is 4.72 Å². The molecule has 3 atom stereocenters. The van der Waals surface area contributed by atoms with E-state index in [4.69, 9.17) is 11.6 Å². The quantitative estimate of drug-likeness (QED) is 0.754. The van der Waals surface area contributed by atoms with Gasteiger partial charge < -0.3 is 5.11 Å². The summed E-state index contributed by atoms with van der Waals surface area (Å²) in [7, 11) is -1.14. The lowest BCUT2D eigenvalue weighted by molar-refractivity contribution is 0.145. The summed E-state index contributed by atoms with van der Waals surface area (Å²) >= 11 is 6.06. The molecule has 2 N–H and O–H groups in total. The summed E-state index contributed by atoms with van der Waals surface area (Å²) in [5.41, 5.74) is 1.24. The monoisotopic (exact) mass is 371 g/mol. The van der Waals surface area contributed by atoms with Crippen molar-refractivity contribution in [3.05, 3.63) is 34.9 Å². The summed E-state index contributed by atoms with van der Waals surface area (Å²) in [6.45, 7) is 8.15. The molecule has 24 heavy (non-hydrogen) atoms. The van der Waals surface area contributed by atoms with Crippen molar-refractivity contribution in [2.24, 2.45) is 5.92 Å². The van der Waals surface area contributed by atoms with Gasteiger partial charge in [0.25, 0.3) is 0 Å². The summed E-state index contributed by atoms with van der Waals surface area (Å²) in [5.74, 6) is 0.171. The van der Waals surface area contributed by atoms with Crippen LogP contribution in [0.5, 0.6) is 0 Å². The second kappa shape index (κ2) is 7.86. The zero-order valence-electron chi connectivity index (χ0n) is 15.1. The smallest absolute Gasteiger partial charge is 0.0973 e. The van der Waals surface area contributed by atoms with Crippen LogP contribution in [0.15, 0.2) is 24.3 Å². The van der Waals surface area contributed by atoms with Gasteiger partial charge in [-0.05, 0) is 63.6 Å². The first-order valence-corrected chi connectivity index (χ1v) is 10.3. The Morgan fingerprint density at radius 2 is 1.88 bits per heavy atom. The number of rotatable bonds is 7. The van der Waals surface area contributed by atoms with Crippen molar-refractivity contribution in [1.29, 1.82) is 0 Å². The third-order valence-electron chi connectivity index (χ3n) is 5.09. The molecule has 0 aliphatic heterocycles. The molecule has 1 aromatic carbocycles. The maximum absolute atomic E-state index is 12.7. The van der Waals surface area contributed by atoms with Gasteiger partial charge in [-0.25, -0.2) is 8.93 Å². The largest absolute Gasteiger partial charge is 0.396 e. The van der Waals surface area contributed by atoms with Crippen molar-refractivity contribution in [2.45, 2.75) is 69.6 Å². The molecular weight excluding hydrogens is 342 g/mol. The molecule has 136 valence electrons. The molecule has 1 aliphatic carbocycles. The van der Waals surface area contributed by atoms with Gasteiger partial charge in [0, 0.05) is 23.1 Å². The minimum Gasteiger partial charge on any atom is -0.396 e. The van der Waals surface area contributed by atoms with E-state index in [0.717, 1.165) is 24.3 Å². The van der Waals surface area contributed by atoms with E-state index < -0.39 is 11.0 Å². The summed E-state index contributed by atoms with van der Waals surface area (Å²) in [4.78, 5) is 0. The van der Waals surface area contributed by atoms with Gasteiger partial charge in [-0.2, -0.15) is 0 Å². The average Bonchev–Trinajstić information content (AvgIpc) is 2.46. The van der Waals surface area contributed by atoms with E-state index in [9.17, 15) is 9.32 Å². The van der Waals surface area contributed by atoms with Crippen molar-refractivity contribution in [1.82, 2.24) is 4.72 Å². The SMILES string of the molecule is C[C@@H](CO)C[C@@H](NS(=O)C(C)(C)C)C1(c2ccc(Cl)cc2)CCC1. The number of aliphatic hydroxyl groups excluding tert-OH is 1. The molecule has 0 aromatic heterocycles. The number of hydrogen-bond acceptors (Lipinski definition) is 2. The van der Waals surface area contributed by atoms with Gasteiger partial charge in [-0.3, -0.25) is 0 Å². The molecular formula is C19H30ClNO2S. The second-order valence-corrected chi connectivity index (χ2v) is 10.5. The summed E-state index contributed by atoms with van der Waals surface area (Å²) < 4.78 is 15.8. The highest BCUT2D eigenvalue weighted by molar-refractivity contribution is 7.84. The Morgan fingerprint density at radius 1 is 1.29 bits per heavy atom. The van der Waals surface area contributed by atoms with Crippen LogP contribution in [-0.2, 0) is 16.4 Å². The highest BCUT2D eigenvalue weighted by Crippen LogP contribution is 2.48. The third kappa shape index (κ3) is 4.40. The normalized spacial score (nSPS) is 20.9. The molecule has 0 bridgehead atoms. The van der Waals surface area contributed by atoms with Crippen LogP contribution in [0.2, 0.25) is 5.02 Å². The lowest BCUT2D eigenvalue weighted by atomic mass is 9.59. The van der Waals surface area contributed by atoms with Gasteiger partial charge in [0.15, 0.2) is 0 Å². The molecule has 3 nitrogen and oxygen atoms in total. The van der Waals surface area contributed by atoms with E-state index in [1.165, 1.54) is 12.0 Å². The Kier molecular flexibility index (Phi) is 6.52. The maximum Gasteiger partial charge on any atom is 0.0973 e. The number of nitrogens with one attached hydrogen (secondary N) is 1. The maximum atomic E-state index is 12.7. The lowest BCUT2D eigenvalue weighted by Crippen LogP contribution is -2.55. The van der Waals surface area contributed by atoms with Gasteiger partial charge in [-0.1, -0.05) is 37.1 Å². The Labute approximate surface area is 153 Å². The predicted octanol–water partition coefficient (Wildman–Crippen LogP) is 4.20.